The third-order valence-electron chi connectivity index (χ3n) is 4.98. The lowest BCUT2D eigenvalue weighted by Gasteiger charge is -2.22. The molecule has 0 radical (unpaired) electrons. The maximum absolute atomic E-state index is 12.9. The molecule has 0 aliphatic carbocycles. The highest BCUT2D eigenvalue weighted by atomic mass is 35.5. The topological polar surface area (TPSA) is 69.4 Å². The number of rotatable bonds is 4. The first kappa shape index (κ1) is 18.7. The van der Waals surface area contributed by atoms with E-state index in [0.717, 1.165) is 16.8 Å². The van der Waals surface area contributed by atoms with Gasteiger partial charge in [-0.3, -0.25) is 14.3 Å². The molecule has 26 heavy (non-hydrogen) atoms. The van der Waals surface area contributed by atoms with Gasteiger partial charge in [-0.2, -0.15) is 5.10 Å². The van der Waals surface area contributed by atoms with E-state index < -0.39 is 0 Å². The van der Waals surface area contributed by atoms with E-state index in [2.05, 4.69) is 5.10 Å². The third kappa shape index (κ3) is 3.17. The molecule has 0 unspecified atom stereocenters. The number of carbonyl (C=O) groups excluding carboxylic acids is 1. The largest absolute Gasteiger partial charge is 0.377 e. The van der Waals surface area contributed by atoms with Crippen molar-refractivity contribution < 1.29 is 9.53 Å². The summed E-state index contributed by atoms with van der Waals surface area (Å²) in [6, 6.07) is 0. The van der Waals surface area contributed by atoms with Gasteiger partial charge < -0.3 is 14.2 Å². The Morgan fingerprint density at radius 1 is 1.38 bits per heavy atom. The van der Waals surface area contributed by atoms with Crippen LogP contribution in [0.4, 0.5) is 0 Å². The van der Waals surface area contributed by atoms with Crippen molar-refractivity contribution in [3.8, 4) is 0 Å². The molecule has 0 spiro atoms. The summed E-state index contributed by atoms with van der Waals surface area (Å²) < 4.78 is 8.64. The van der Waals surface area contributed by atoms with E-state index in [4.69, 9.17) is 16.3 Å². The molecule has 0 bridgehead atoms. The average molecular weight is 379 g/mol. The molecule has 140 valence electrons. The Bertz CT molecular complexity index is 929. The summed E-state index contributed by atoms with van der Waals surface area (Å²) in [6.07, 6.45) is 3.29. The minimum absolute atomic E-state index is 0.120. The SMILES string of the molecule is COC(C)(C)Cn1cc(C(=O)N2Cc3c(C)c(Cl)c(=O)n(C)c3C2)cn1. The van der Waals surface area contributed by atoms with E-state index in [1.165, 1.54) is 4.57 Å². The summed E-state index contributed by atoms with van der Waals surface area (Å²) in [7, 11) is 3.33. The summed E-state index contributed by atoms with van der Waals surface area (Å²) in [6.45, 7) is 7.09. The van der Waals surface area contributed by atoms with Crippen LogP contribution in [0.3, 0.4) is 0 Å². The Balaban J connectivity index is 1.83. The molecule has 0 N–H and O–H groups in total. The van der Waals surface area contributed by atoms with Gasteiger partial charge in [0.2, 0.25) is 0 Å². The zero-order valence-corrected chi connectivity index (χ0v) is 16.4. The molecule has 0 aromatic carbocycles. The minimum atomic E-state index is -0.373. The van der Waals surface area contributed by atoms with E-state index in [-0.39, 0.29) is 22.1 Å². The van der Waals surface area contributed by atoms with Gasteiger partial charge >= 0.3 is 0 Å². The molecule has 3 rings (SSSR count). The molecule has 1 aliphatic heterocycles. The van der Waals surface area contributed by atoms with E-state index in [9.17, 15) is 9.59 Å². The van der Waals surface area contributed by atoms with Crippen molar-refractivity contribution in [1.29, 1.82) is 0 Å². The van der Waals surface area contributed by atoms with Gasteiger partial charge in [-0.1, -0.05) is 11.6 Å². The van der Waals surface area contributed by atoms with Crippen LogP contribution in [0.15, 0.2) is 17.2 Å². The van der Waals surface area contributed by atoms with Crippen molar-refractivity contribution in [2.24, 2.45) is 7.05 Å². The number of carbonyl (C=O) groups is 1. The Kier molecular flexibility index (Phi) is 4.71. The van der Waals surface area contributed by atoms with Crippen LogP contribution in [-0.2, 0) is 31.4 Å². The van der Waals surface area contributed by atoms with Gasteiger partial charge in [0, 0.05) is 32.6 Å². The van der Waals surface area contributed by atoms with Gasteiger partial charge in [0.15, 0.2) is 0 Å². The first-order valence-corrected chi connectivity index (χ1v) is 8.76. The number of hydrogen-bond acceptors (Lipinski definition) is 4. The van der Waals surface area contributed by atoms with E-state index in [1.807, 2.05) is 20.8 Å². The van der Waals surface area contributed by atoms with Crippen molar-refractivity contribution in [2.75, 3.05) is 7.11 Å². The Morgan fingerprint density at radius 3 is 2.73 bits per heavy atom. The van der Waals surface area contributed by atoms with Crippen molar-refractivity contribution >= 4 is 17.5 Å². The number of fused-ring (bicyclic) bond motifs is 1. The maximum atomic E-state index is 12.9. The molecule has 2 aromatic rings. The number of hydrogen-bond donors (Lipinski definition) is 0. The summed E-state index contributed by atoms with van der Waals surface area (Å²) in [5.74, 6) is -0.120. The van der Waals surface area contributed by atoms with Crippen LogP contribution in [0.25, 0.3) is 0 Å². The zero-order chi connectivity index (χ0) is 19.2. The Morgan fingerprint density at radius 2 is 2.08 bits per heavy atom. The van der Waals surface area contributed by atoms with Crippen molar-refractivity contribution in [2.45, 2.75) is 46.0 Å². The van der Waals surface area contributed by atoms with Gasteiger partial charge in [-0.15, -0.1) is 0 Å². The maximum Gasteiger partial charge on any atom is 0.269 e. The fourth-order valence-corrected chi connectivity index (χ4v) is 3.40. The van der Waals surface area contributed by atoms with Crippen molar-refractivity contribution in [1.82, 2.24) is 19.2 Å². The minimum Gasteiger partial charge on any atom is -0.377 e. The number of halogens is 1. The summed E-state index contributed by atoms with van der Waals surface area (Å²) in [4.78, 5) is 26.7. The molecule has 0 saturated heterocycles. The van der Waals surface area contributed by atoms with Crippen LogP contribution in [0, 0.1) is 6.92 Å². The lowest BCUT2D eigenvalue weighted by molar-refractivity contribution is 0.00538. The monoisotopic (exact) mass is 378 g/mol. The summed E-state index contributed by atoms with van der Waals surface area (Å²) in [5, 5.41) is 4.48. The standard InChI is InChI=1S/C18H23ClN4O3/c1-11-13-8-22(9-14(13)21(4)17(25)15(11)19)16(24)12-6-20-23(7-12)10-18(2,3)26-5/h6-7H,8-10H2,1-5H3. The molecule has 1 amide bonds. The van der Waals surface area contributed by atoms with Gasteiger partial charge in [0.05, 0.1) is 30.5 Å². The predicted molar refractivity (Wildman–Crippen MR) is 98.3 cm³/mol. The van der Waals surface area contributed by atoms with Gasteiger partial charge in [0.25, 0.3) is 11.5 Å². The number of pyridine rings is 1. The van der Waals surface area contributed by atoms with Gasteiger partial charge in [0.1, 0.15) is 5.02 Å². The number of aromatic nitrogens is 3. The van der Waals surface area contributed by atoms with Crippen LogP contribution in [-0.4, -0.2) is 37.9 Å². The summed E-state index contributed by atoms with van der Waals surface area (Å²) >= 11 is 6.13. The molecule has 0 atom stereocenters. The molecule has 7 nitrogen and oxygen atoms in total. The normalized spacial score (nSPS) is 14.0. The van der Waals surface area contributed by atoms with Crippen LogP contribution >= 0.6 is 11.6 Å². The van der Waals surface area contributed by atoms with E-state index in [1.54, 1.807) is 36.1 Å². The molecule has 8 heteroatoms. The smallest absolute Gasteiger partial charge is 0.269 e. The lowest BCUT2D eigenvalue weighted by atomic mass is 10.1. The van der Waals surface area contributed by atoms with Crippen LogP contribution in [0.5, 0.6) is 0 Å². The van der Waals surface area contributed by atoms with Crippen LogP contribution < -0.4 is 5.56 Å². The van der Waals surface area contributed by atoms with Gasteiger partial charge in [-0.25, -0.2) is 0 Å². The molecule has 3 heterocycles. The fraction of sp³-hybridized carbons (Fsp3) is 0.500. The predicted octanol–water partition coefficient (Wildman–Crippen LogP) is 2.12. The van der Waals surface area contributed by atoms with Crippen LogP contribution in [0.1, 0.15) is 41.0 Å². The second-order valence-corrected chi connectivity index (χ2v) is 7.66. The molecular weight excluding hydrogens is 356 g/mol. The highest BCUT2D eigenvalue weighted by Gasteiger charge is 2.30. The number of amides is 1. The fourth-order valence-electron chi connectivity index (χ4n) is 3.16. The van der Waals surface area contributed by atoms with E-state index >= 15 is 0 Å². The molecule has 0 saturated carbocycles. The second kappa shape index (κ2) is 6.55. The summed E-state index contributed by atoms with van der Waals surface area (Å²) in [5.41, 5.74) is 2.43. The van der Waals surface area contributed by atoms with Gasteiger partial charge in [-0.05, 0) is 31.9 Å². The highest BCUT2D eigenvalue weighted by Crippen LogP contribution is 2.28. The Hall–Kier alpha value is -2.12. The molecule has 0 fully saturated rings. The quantitative estimate of drug-likeness (QED) is 0.817. The first-order chi connectivity index (χ1) is 12.1. The molecular formula is C18H23ClN4O3. The molecule has 2 aromatic heterocycles. The Labute approximate surface area is 157 Å². The number of ether oxygens (including phenoxy) is 1. The van der Waals surface area contributed by atoms with Crippen LogP contribution in [0.2, 0.25) is 5.02 Å². The second-order valence-electron chi connectivity index (χ2n) is 7.28. The third-order valence-corrected chi connectivity index (χ3v) is 5.43. The molecule has 1 aliphatic rings. The first-order valence-electron chi connectivity index (χ1n) is 8.38. The highest BCUT2D eigenvalue weighted by molar-refractivity contribution is 6.31. The number of nitrogens with zero attached hydrogens (tertiary/aromatic N) is 4. The number of methoxy groups -OCH3 is 1. The zero-order valence-electron chi connectivity index (χ0n) is 15.7. The average Bonchev–Trinajstić information content (AvgIpc) is 3.24. The van der Waals surface area contributed by atoms with Crippen molar-refractivity contribution in [3.05, 3.63) is 50.2 Å². The van der Waals surface area contributed by atoms with E-state index in [0.29, 0.717) is 25.2 Å². The van der Waals surface area contributed by atoms with Crippen molar-refractivity contribution in [3.63, 3.8) is 0 Å². The lowest BCUT2D eigenvalue weighted by Crippen LogP contribution is -2.29.